The summed E-state index contributed by atoms with van der Waals surface area (Å²) in [7, 11) is 0. The van der Waals surface area contributed by atoms with Crippen LogP contribution in [0.4, 0.5) is 0 Å². The second-order valence-electron chi connectivity index (χ2n) is 6.55. The van der Waals surface area contributed by atoms with Gasteiger partial charge in [0, 0.05) is 18.1 Å². The molecule has 1 aliphatic rings. The molecule has 16 heavy (non-hydrogen) atoms. The van der Waals surface area contributed by atoms with Crippen molar-refractivity contribution in [2.75, 3.05) is 19.6 Å². The molecule has 0 aliphatic carbocycles. The molecule has 1 fully saturated rings. The van der Waals surface area contributed by atoms with Crippen LogP contribution in [0.3, 0.4) is 0 Å². The summed E-state index contributed by atoms with van der Waals surface area (Å²) in [4.78, 5) is 2.66. The van der Waals surface area contributed by atoms with Gasteiger partial charge in [0.25, 0.3) is 0 Å². The Hall–Kier alpha value is -0.0800. The van der Waals surface area contributed by atoms with Gasteiger partial charge in [0.15, 0.2) is 0 Å². The maximum absolute atomic E-state index is 3.61. The van der Waals surface area contributed by atoms with Crippen LogP contribution in [0.2, 0.25) is 0 Å². The lowest BCUT2D eigenvalue weighted by Crippen LogP contribution is -2.46. The summed E-state index contributed by atoms with van der Waals surface area (Å²) in [6.07, 6.45) is 4.16. The summed E-state index contributed by atoms with van der Waals surface area (Å²) < 4.78 is 0. The lowest BCUT2D eigenvalue weighted by atomic mass is 10.0. The zero-order valence-electron chi connectivity index (χ0n) is 11.8. The van der Waals surface area contributed by atoms with Crippen molar-refractivity contribution in [3.63, 3.8) is 0 Å². The normalized spacial score (nSPS) is 26.4. The van der Waals surface area contributed by atoms with Gasteiger partial charge in [-0.1, -0.05) is 6.92 Å². The van der Waals surface area contributed by atoms with Gasteiger partial charge in [-0.2, -0.15) is 0 Å². The van der Waals surface area contributed by atoms with Crippen molar-refractivity contribution in [3.8, 4) is 0 Å². The molecular formula is C14H30N2. The number of nitrogens with one attached hydrogen (secondary N) is 1. The molecule has 0 saturated carbocycles. The first-order chi connectivity index (χ1) is 7.38. The number of hydrogen-bond acceptors (Lipinski definition) is 2. The molecule has 0 spiro atoms. The highest BCUT2D eigenvalue weighted by Crippen LogP contribution is 2.18. The molecule has 1 aliphatic heterocycles. The van der Waals surface area contributed by atoms with Gasteiger partial charge in [-0.05, 0) is 66.0 Å². The van der Waals surface area contributed by atoms with Gasteiger partial charge in [-0.25, -0.2) is 0 Å². The van der Waals surface area contributed by atoms with Crippen LogP contribution >= 0.6 is 0 Å². The maximum Gasteiger partial charge on any atom is 0.0192 e. The lowest BCUT2D eigenvalue weighted by molar-refractivity contribution is 0.199. The summed E-state index contributed by atoms with van der Waals surface area (Å²) in [6.45, 7) is 15.2. The molecule has 0 bridgehead atoms. The fourth-order valence-electron chi connectivity index (χ4n) is 2.31. The molecule has 1 N–H and O–H groups in total. The van der Waals surface area contributed by atoms with E-state index in [-0.39, 0.29) is 5.54 Å². The molecular weight excluding hydrogens is 196 g/mol. The van der Waals surface area contributed by atoms with Crippen molar-refractivity contribution in [3.05, 3.63) is 0 Å². The summed E-state index contributed by atoms with van der Waals surface area (Å²) in [5.41, 5.74) is 0.243. The molecule has 2 nitrogen and oxygen atoms in total. The third-order valence-corrected chi connectivity index (χ3v) is 3.60. The molecule has 0 aromatic carbocycles. The van der Waals surface area contributed by atoms with Crippen LogP contribution in [0.5, 0.6) is 0 Å². The minimum absolute atomic E-state index is 0.243. The fourth-order valence-corrected chi connectivity index (χ4v) is 2.31. The van der Waals surface area contributed by atoms with Gasteiger partial charge >= 0.3 is 0 Å². The summed E-state index contributed by atoms with van der Waals surface area (Å²) in [6, 6.07) is 0.671. The van der Waals surface area contributed by atoms with Crippen molar-refractivity contribution in [2.24, 2.45) is 5.92 Å². The van der Waals surface area contributed by atoms with Crippen molar-refractivity contribution in [1.29, 1.82) is 0 Å². The van der Waals surface area contributed by atoms with E-state index in [4.69, 9.17) is 0 Å². The van der Waals surface area contributed by atoms with E-state index in [2.05, 4.69) is 44.8 Å². The Balaban J connectivity index is 2.32. The number of likely N-dealkylation sites (tertiary alicyclic amines) is 1. The van der Waals surface area contributed by atoms with Crippen LogP contribution in [0, 0.1) is 5.92 Å². The van der Waals surface area contributed by atoms with E-state index < -0.39 is 0 Å². The molecule has 1 rings (SSSR count). The Kier molecular flexibility index (Phi) is 5.26. The molecule has 2 atom stereocenters. The van der Waals surface area contributed by atoms with E-state index in [1.54, 1.807) is 0 Å². The Labute approximate surface area is 102 Å². The van der Waals surface area contributed by atoms with Crippen LogP contribution < -0.4 is 5.32 Å². The minimum Gasteiger partial charge on any atom is -0.311 e. The van der Waals surface area contributed by atoms with Gasteiger partial charge in [-0.15, -0.1) is 0 Å². The number of rotatable bonds is 3. The zero-order chi connectivity index (χ0) is 12.2. The molecule has 1 saturated heterocycles. The average molecular weight is 226 g/mol. The highest BCUT2D eigenvalue weighted by molar-refractivity contribution is 4.78. The molecule has 0 radical (unpaired) electrons. The van der Waals surface area contributed by atoms with E-state index >= 15 is 0 Å². The van der Waals surface area contributed by atoms with E-state index in [9.17, 15) is 0 Å². The highest BCUT2D eigenvalue weighted by atomic mass is 15.2. The summed E-state index contributed by atoms with van der Waals surface area (Å²) in [5.74, 6) is 0.924. The predicted octanol–water partition coefficient (Wildman–Crippen LogP) is 2.89. The summed E-state index contributed by atoms with van der Waals surface area (Å²) in [5, 5.41) is 3.61. The molecule has 0 aromatic rings. The summed E-state index contributed by atoms with van der Waals surface area (Å²) >= 11 is 0. The van der Waals surface area contributed by atoms with E-state index in [0.29, 0.717) is 6.04 Å². The third kappa shape index (κ3) is 5.31. The lowest BCUT2D eigenvalue weighted by Gasteiger charge is -2.31. The third-order valence-electron chi connectivity index (χ3n) is 3.60. The standard InChI is InChI=1S/C14H30N2/c1-12-7-6-9-16(10-8-12)13(2)11-15-14(3,4)5/h12-13,15H,6-11H2,1-5H3. The van der Waals surface area contributed by atoms with Crippen molar-refractivity contribution >= 4 is 0 Å². The van der Waals surface area contributed by atoms with Crippen LogP contribution in [-0.2, 0) is 0 Å². The topological polar surface area (TPSA) is 15.3 Å². The molecule has 96 valence electrons. The van der Waals surface area contributed by atoms with Crippen LogP contribution in [-0.4, -0.2) is 36.1 Å². The van der Waals surface area contributed by atoms with Crippen LogP contribution in [0.1, 0.15) is 53.9 Å². The maximum atomic E-state index is 3.61. The largest absolute Gasteiger partial charge is 0.311 e. The zero-order valence-corrected chi connectivity index (χ0v) is 11.8. The van der Waals surface area contributed by atoms with Crippen LogP contribution in [0.15, 0.2) is 0 Å². The van der Waals surface area contributed by atoms with Gasteiger partial charge in [0.2, 0.25) is 0 Å². The van der Waals surface area contributed by atoms with E-state index in [0.717, 1.165) is 12.5 Å². The first kappa shape index (κ1) is 14.0. The molecule has 2 heteroatoms. The van der Waals surface area contributed by atoms with Crippen molar-refractivity contribution in [1.82, 2.24) is 10.2 Å². The first-order valence-corrected chi connectivity index (χ1v) is 6.87. The first-order valence-electron chi connectivity index (χ1n) is 6.87. The van der Waals surface area contributed by atoms with E-state index in [1.165, 1.54) is 32.4 Å². The Morgan fingerprint density at radius 2 is 1.94 bits per heavy atom. The van der Waals surface area contributed by atoms with Gasteiger partial charge in [-0.3, -0.25) is 4.90 Å². The van der Waals surface area contributed by atoms with Gasteiger partial charge in [0.1, 0.15) is 0 Å². The molecule has 0 aromatic heterocycles. The number of hydrogen-bond donors (Lipinski definition) is 1. The monoisotopic (exact) mass is 226 g/mol. The molecule has 1 heterocycles. The van der Waals surface area contributed by atoms with Crippen LogP contribution in [0.25, 0.3) is 0 Å². The number of nitrogens with zero attached hydrogens (tertiary/aromatic N) is 1. The Morgan fingerprint density at radius 1 is 1.25 bits per heavy atom. The van der Waals surface area contributed by atoms with Gasteiger partial charge < -0.3 is 5.32 Å². The van der Waals surface area contributed by atoms with E-state index in [1.807, 2.05) is 0 Å². The second kappa shape index (κ2) is 6.02. The smallest absolute Gasteiger partial charge is 0.0192 e. The average Bonchev–Trinajstić information content (AvgIpc) is 2.38. The fraction of sp³-hybridized carbons (Fsp3) is 1.00. The van der Waals surface area contributed by atoms with Crippen molar-refractivity contribution in [2.45, 2.75) is 65.5 Å². The Bertz CT molecular complexity index is 195. The van der Waals surface area contributed by atoms with Gasteiger partial charge in [0.05, 0.1) is 0 Å². The minimum atomic E-state index is 0.243. The SMILES string of the molecule is CC1CCCN(C(C)CNC(C)(C)C)CC1. The second-order valence-corrected chi connectivity index (χ2v) is 6.55. The quantitative estimate of drug-likeness (QED) is 0.796. The Morgan fingerprint density at radius 3 is 2.56 bits per heavy atom. The molecule has 2 unspecified atom stereocenters. The van der Waals surface area contributed by atoms with Crippen molar-refractivity contribution < 1.29 is 0 Å². The highest BCUT2D eigenvalue weighted by Gasteiger charge is 2.19. The molecule has 0 amide bonds. The predicted molar refractivity (Wildman–Crippen MR) is 71.8 cm³/mol.